The average Bonchev–Trinajstić information content (AvgIpc) is 2.83. The number of nitrogens with one attached hydrogen (secondary N) is 1. The Labute approximate surface area is 112 Å². The van der Waals surface area contributed by atoms with Crippen LogP contribution in [0.15, 0.2) is 12.1 Å². The van der Waals surface area contributed by atoms with E-state index in [4.69, 9.17) is 10.5 Å². The van der Waals surface area contributed by atoms with Crippen LogP contribution in [0, 0.1) is 0 Å². The van der Waals surface area contributed by atoms with E-state index in [-0.39, 0.29) is 0 Å². The topological polar surface area (TPSA) is 76.8 Å². The first-order valence-corrected chi connectivity index (χ1v) is 7.01. The van der Waals surface area contributed by atoms with E-state index in [2.05, 4.69) is 15.0 Å². The zero-order chi connectivity index (χ0) is 13.2. The van der Waals surface area contributed by atoms with Crippen molar-refractivity contribution in [1.29, 1.82) is 0 Å². The smallest absolute Gasteiger partial charge is 0.215 e. The van der Waals surface area contributed by atoms with Crippen molar-refractivity contribution < 1.29 is 4.74 Å². The van der Waals surface area contributed by atoms with E-state index < -0.39 is 0 Å². The summed E-state index contributed by atoms with van der Waals surface area (Å²) >= 11 is 0. The summed E-state index contributed by atoms with van der Waals surface area (Å²) < 4.78 is 5.40. The van der Waals surface area contributed by atoms with Crippen molar-refractivity contribution in [3.05, 3.63) is 18.0 Å². The van der Waals surface area contributed by atoms with Gasteiger partial charge in [-0.2, -0.15) is 4.98 Å². The molecule has 3 N–H and O–H groups in total. The fourth-order valence-corrected chi connectivity index (χ4v) is 2.71. The molecule has 0 aliphatic heterocycles. The first kappa shape index (κ1) is 12.4. The van der Waals surface area contributed by atoms with Crippen LogP contribution in [0.2, 0.25) is 0 Å². The molecule has 0 aromatic carbocycles. The molecular formula is C14H20N4O. The number of ether oxygens (including phenoxy) is 1. The molecule has 1 aliphatic rings. The highest BCUT2D eigenvalue weighted by atomic mass is 16.5. The van der Waals surface area contributed by atoms with Crippen LogP contribution in [-0.2, 0) is 0 Å². The summed E-state index contributed by atoms with van der Waals surface area (Å²) in [6, 6.07) is 4.23. The van der Waals surface area contributed by atoms with Crippen molar-refractivity contribution in [3.8, 4) is 5.88 Å². The number of fused-ring (bicyclic) bond motifs is 1. The number of imidazole rings is 1. The van der Waals surface area contributed by atoms with Gasteiger partial charge in [0.05, 0.1) is 12.1 Å². The van der Waals surface area contributed by atoms with Gasteiger partial charge in [0.15, 0.2) is 5.65 Å². The molecule has 2 aromatic heterocycles. The monoisotopic (exact) mass is 260 g/mol. The Hall–Kier alpha value is -1.62. The van der Waals surface area contributed by atoms with Gasteiger partial charge < -0.3 is 15.5 Å². The minimum absolute atomic E-state index is 0.364. The molecule has 2 heterocycles. The third-order valence-electron chi connectivity index (χ3n) is 3.79. The number of hydrogen-bond donors (Lipinski definition) is 2. The molecule has 0 atom stereocenters. The van der Waals surface area contributed by atoms with Crippen molar-refractivity contribution in [2.24, 2.45) is 5.73 Å². The number of pyridine rings is 1. The average molecular weight is 260 g/mol. The van der Waals surface area contributed by atoms with Gasteiger partial charge in [-0.1, -0.05) is 0 Å². The molecule has 0 saturated heterocycles. The van der Waals surface area contributed by atoms with E-state index in [0.29, 0.717) is 24.4 Å². The van der Waals surface area contributed by atoms with Crippen LogP contribution in [0.1, 0.15) is 44.3 Å². The number of hydrogen-bond acceptors (Lipinski definition) is 4. The van der Waals surface area contributed by atoms with Gasteiger partial charge in [-0.25, -0.2) is 4.98 Å². The number of nitrogens with zero attached hydrogens (tertiary/aromatic N) is 2. The van der Waals surface area contributed by atoms with Crippen molar-refractivity contribution in [2.45, 2.75) is 44.6 Å². The fourth-order valence-electron chi connectivity index (χ4n) is 2.71. The second-order valence-electron chi connectivity index (χ2n) is 5.19. The van der Waals surface area contributed by atoms with Crippen LogP contribution in [0.5, 0.6) is 5.88 Å². The van der Waals surface area contributed by atoms with E-state index >= 15 is 0 Å². The Kier molecular flexibility index (Phi) is 3.38. The minimum Gasteiger partial charge on any atom is -0.478 e. The predicted octanol–water partition coefficient (Wildman–Crippen LogP) is 2.34. The van der Waals surface area contributed by atoms with Gasteiger partial charge in [0, 0.05) is 18.0 Å². The summed E-state index contributed by atoms with van der Waals surface area (Å²) in [5.41, 5.74) is 7.67. The maximum atomic E-state index is 5.94. The number of H-pyrrole nitrogens is 1. The van der Waals surface area contributed by atoms with Gasteiger partial charge in [-0.05, 0) is 38.7 Å². The Bertz CT molecular complexity index is 558. The normalized spacial score (nSPS) is 23.7. The lowest BCUT2D eigenvalue weighted by molar-refractivity contribution is 0.328. The molecule has 0 amide bonds. The van der Waals surface area contributed by atoms with Gasteiger partial charge in [-0.3, -0.25) is 0 Å². The van der Waals surface area contributed by atoms with Gasteiger partial charge in [0.1, 0.15) is 5.82 Å². The van der Waals surface area contributed by atoms with Crippen LogP contribution in [0.4, 0.5) is 0 Å². The van der Waals surface area contributed by atoms with Crippen LogP contribution in [-0.4, -0.2) is 27.6 Å². The molecule has 5 heteroatoms. The van der Waals surface area contributed by atoms with Crippen molar-refractivity contribution in [3.63, 3.8) is 0 Å². The van der Waals surface area contributed by atoms with Gasteiger partial charge in [-0.15, -0.1) is 0 Å². The van der Waals surface area contributed by atoms with E-state index in [1.807, 2.05) is 19.1 Å². The lowest BCUT2D eigenvalue weighted by Crippen LogP contribution is -2.26. The van der Waals surface area contributed by atoms with E-state index in [9.17, 15) is 0 Å². The molecule has 0 spiro atoms. The minimum atomic E-state index is 0.364. The summed E-state index contributed by atoms with van der Waals surface area (Å²) in [6.07, 6.45) is 4.39. The lowest BCUT2D eigenvalue weighted by atomic mass is 9.86. The summed E-state index contributed by atoms with van der Waals surface area (Å²) in [6.45, 7) is 2.57. The van der Waals surface area contributed by atoms with E-state index in [0.717, 1.165) is 42.7 Å². The summed E-state index contributed by atoms with van der Waals surface area (Å²) in [4.78, 5) is 12.4. The molecule has 0 bridgehead atoms. The van der Waals surface area contributed by atoms with Crippen molar-refractivity contribution >= 4 is 11.2 Å². The largest absolute Gasteiger partial charge is 0.478 e. The van der Waals surface area contributed by atoms with Gasteiger partial charge in [0.25, 0.3) is 0 Å². The Morgan fingerprint density at radius 3 is 2.79 bits per heavy atom. The first-order valence-electron chi connectivity index (χ1n) is 7.01. The molecule has 0 radical (unpaired) electrons. The Morgan fingerprint density at radius 1 is 1.26 bits per heavy atom. The third kappa shape index (κ3) is 2.56. The maximum Gasteiger partial charge on any atom is 0.215 e. The van der Waals surface area contributed by atoms with Crippen molar-refractivity contribution in [1.82, 2.24) is 15.0 Å². The molecule has 3 rings (SSSR count). The molecule has 5 nitrogen and oxygen atoms in total. The van der Waals surface area contributed by atoms with Crippen molar-refractivity contribution in [2.75, 3.05) is 6.61 Å². The van der Waals surface area contributed by atoms with Crippen LogP contribution in [0.3, 0.4) is 0 Å². The molecule has 19 heavy (non-hydrogen) atoms. The fraction of sp³-hybridized carbons (Fsp3) is 0.571. The van der Waals surface area contributed by atoms with E-state index in [1.165, 1.54) is 0 Å². The number of rotatable bonds is 3. The summed E-state index contributed by atoms with van der Waals surface area (Å²) in [5.74, 6) is 2.17. The second-order valence-corrected chi connectivity index (χ2v) is 5.19. The summed E-state index contributed by atoms with van der Waals surface area (Å²) in [7, 11) is 0. The van der Waals surface area contributed by atoms with Crippen LogP contribution < -0.4 is 10.5 Å². The third-order valence-corrected chi connectivity index (χ3v) is 3.79. The summed E-state index contributed by atoms with van der Waals surface area (Å²) in [5, 5.41) is 0. The van der Waals surface area contributed by atoms with Crippen LogP contribution >= 0.6 is 0 Å². The zero-order valence-electron chi connectivity index (χ0n) is 11.2. The zero-order valence-corrected chi connectivity index (χ0v) is 11.2. The lowest BCUT2D eigenvalue weighted by Gasteiger charge is -2.24. The molecule has 1 fully saturated rings. The van der Waals surface area contributed by atoms with Crippen LogP contribution in [0.25, 0.3) is 11.2 Å². The molecular weight excluding hydrogens is 240 g/mol. The molecule has 1 aliphatic carbocycles. The quantitative estimate of drug-likeness (QED) is 0.888. The van der Waals surface area contributed by atoms with Gasteiger partial charge >= 0.3 is 0 Å². The SMILES string of the molecule is CCOc1ccc2[nH]c(C3CCC(N)CC3)nc2n1. The number of aromatic nitrogens is 3. The maximum absolute atomic E-state index is 5.94. The van der Waals surface area contributed by atoms with Gasteiger partial charge in [0.2, 0.25) is 5.88 Å². The second kappa shape index (κ2) is 5.17. The highest BCUT2D eigenvalue weighted by Crippen LogP contribution is 2.31. The standard InChI is InChI=1S/C14H20N4O/c1-2-19-12-8-7-11-14(17-12)18-13(16-11)9-3-5-10(15)6-4-9/h7-10H,2-6,15H2,1H3,(H,16,17,18). The molecule has 1 saturated carbocycles. The number of nitrogens with two attached hydrogens (primary N) is 1. The molecule has 0 unspecified atom stereocenters. The predicted molar refractivity (Wildman–Crippen MR) is 74.2 cm³/mol. The number of aromatic amines is 1. The Morgan fingerprint density at radius 2 is 2.05 bits per heavy atom. The highest BCUT2D eigenvalue weighted by molar-refractivity contribution is 5.71. The highest BCUT2D eigenvalue weighted by Gasteiger charge is 2.22. The molecule has 2 aromatic rings. The van der Waals surface area contributed by atoms with E-state index in [1.54, 1.807) is 0 Å². The molecule has 102 valence electrons. The first-order chi connectivity index (χ1) is 9.26. The Balaban J connectivity index is 1.84.